The monoisotopic (exact) mass is 316 g/mol. The van der Waals surface area contributed by atoms with Crippen LogP contribution in [0, 0.1) is 0 Å². The van der Waals surface area contributed by atoms with E-state index in [1.165, 1.54) is 44.6 Å². The Bertz CT molecular complexity index is 702. The van der Waals surface area contributed by atoms with Crippen molar-refractivity contribution in [3.8, 4) is 23.0 Å². The van der Waals surface area contributed by atoms with Gasteiger partial charge in [-0.3, -0.25) is 4.79 Å². The van der Waals surface area contributed by atoms with Crippen molar-refractivity contribution < 1.29 is 24.5 Å². The summed E-state index contributed by atoms with van der Waals surface area (Å²) in [6, 6.07) is 9.27. The highest BCUT2D eigenvalue weighted by molar-refractivity contribution is 6.10. The zero-order valence-electron chi connectivity index (χ0n) is 12.2. The van der Waals surface area contributed by atoms with E-state index in [0.29, 0.717) is 5.75 Å². The maximum Gasteiger partial charge on any atom is 0.193 e. The fourth-order valence-electron chi connectivity index (χ4n) is 1.94. The van der Waals surface area contributed by atoms with Gasteiger partial charge in [0.05, 0.1) is 14.2 Å². The lowest BCUT2D eigenvalue weighted by atomic mass is 10.1. The molecule has 0 atom stereocenters. The van der Waals surface area contributed by atoms with Gasteiger partial charge in [-0.25, -0.2) is 0 Å². The Hall–Kier alpha value is -2.95. The van der Waals surface area contributed by atoms with Crippen LogP contribution in [0.1, 0.15) is 23.3 Å². The van der Waals surface area contributed by atoms with E-state index in [1.54, 1.807) is 18.2 Å². The normalized spacial score (nSPS) is 10.2. The Kier molecular flexibility index (Phi) is 6.21. The molecule has 0 aromatic heterocycles. The smallest absolute Gasteiger partial charge is 0.193 e. The summed E-state index contributed by atoms with van der Waals surface area (Å²) in [7, 11) is 2.87. The number of allylic oxidation sites excluding steroid dienone is 1. The third kappa shape index (κ3) is 4.26. The van der Waals surface area contributed by atoms with Crippen molar-refractivity contribution in [1.29, 1.82) is 0 Å². The van der Waals surface area contributed by atoms with Gasteiger partial charge in [0.15, 0.2) is 5.78 Å². The average Bonchev–Trinajstić information content (AvgIpc) is 2.53. The number of ketones is 1. The lowest BCUT2D eigenvalue weighted by molar-refractivity contribution is 0.104. The second-order valence-electron chi connectivity index (χ2n) is 4.51. The number of aromatic hydroxyl groups is 2. The summed E-state index contributed by atoms with van der Waals surface area (Å²) in [6.07, 6.45) is 2.92. The van der Waals surface area contributed by atoms with Crippen molar-refractivity contribution in [3.05, 3.63) is 53.6 Å². The van der Waals surface area contributed by atoms with Gasteiger partial charge in [0.2, 0.25) is 0 Å². The van der Waals surface area contributed by atoms with Gasteiger partial charge in [-0.05, 0) is 23.8 Å². The summed E-state index contributed by atoms with van der Waals surface area (Å²) in [5, 5.41) is 19.2. The molecule has 0 fully saturated rings. The standard InChI is InChI=1S/C17H16O5.CH4/c1-21-13-9-15(20)17(16(10-13)22-2)14(19)8-5-11-3-6-12(18)7-4-11;/h3-10,18,20H,1-2H3;1H4/b8-5+;. The number of rotatable bonds is 5. The molecule has 5 nitrogen and oxygen atoms in total. The highest BCUT2D eigenvalue weighted by Crippen LogP contribution is 2.33. The van der Waals surface area contributed by atoms with Crippen molar-refractivity contribution in [2.45, 2.75) is 7.43 Å². The molecule has 2 N–H and O–H groups in total. The first-order valence-corrected chi connectivity index (χ1v) is 6.51. The predicted octanol–water partition coefficient (Wildman–Crippen LogP) is 3.65. The molecule has 0 aliphatic rings. The molecule has 0 aliphatic carbocycles. The van der Waals surface area contributed by atoms with Crippen molar-refractivity contribution in [1.82, 2.24) is 0 Å². The van der Waals surface area contributed by atoms with Gasteiger partial charge >= 0.3 is 0 Å². The van der Waals surface area contributed by atoms with Crippen LogP contribution in [-0.4, -0.2) is 30.2 Å². The van der Waals surface area contributed by atoms with Gasteiger partial charge in [-0.1, -0.05) is 25.6 Å². The third-order valence-electron chi connectivity index (χ3n) is 3.08. The van der Waals surface area contributed by atoms with Crippen LogP contribution >= 0.6 is 0 Å². The number of hydrogen-bond acceptors (Lipinski definition) is 5. The van der Waals surface area contributed by atoms with Crippen molar-refractivity contribution >= 4 is 11.9 Å². The second-order valence-corrected chi connectivity index (χ2v) is 4.51. The van der Waals surface area contributed by atoms with Crippen molar-refractivity contribution in [3.63, 3.8) is 0 Å². The number of methoxy groups -OCH3 is 2. The minimum Gasteiger partial charge on any atom is -0.508 e. The molecule has 2 aromatic carbocycles. The first-order valence-electron chi connectivity index (χ1n) is 6.51. The van der Waals surface area contributed by atoms with E-state index in [2.05, 4.69) is 0 Å². The van der Waals surface area contributed by atoms with E-state index < -0.39 is 5.78 Å². The SMILES string of the molecule is C.COc1cc(O)c(C(=O)/C=C/c2ccc(O)cc2)c(OC)c1. The quantitative estimate of drug-likeness (QED) is 0.650. The lowest BCUT2D eigenvalue weighted by Gasteiger charge is -2.10. The number of phenolic OH excluding ortho intramolecular Hbond substituents is 2. The van der Waals surface area contributed by atoms with E-state index in [9.17, 15) is 15.0 Å². The van der Waals surface area contributed by atoms with E-state index in [-0.39, 0.29) is 30.2 Å². The van der Waals surface area contributed by atoms with Gasteiger partial charge in [0.1, 0.15) is 28.6 Å². The predicted molar refractivity (Wildman–Crippen MR) is 89.4 cm³/mol. The average molecular weight is 316 g/mol. The Morgan fingerprint density at radius 2 is 1.70 bits per heavy atom. The molecule has 23 heavy (non-hydrogen) atoms. The van der Waals surface area contributed by atoms with Gasteiger partial charge in [-0.15, -0.1) is 0 Å². The molecule has 0 amide bonds. The molecular weight excluding hydrogens is 296 g/mol. The summed E-state index contributed by atoms with van der Waals surface area (Å²) >= 11 is 0. The molecule has 5 heteroatoms. The van der Waals surface area contributed by atoms with Crippen molar-refractivity contribution in [2.75, 3.05) is 14.2 Å². The Balaban J connectivity index is 0.00000264. The third-order valence-corrected chi connectivity index (χ3v) is 3.08. The number of ether oxygens (including phenoxy) is 2. The van der Waals surface area contributed by atoms with Crippen LogP contribution in [0.5, 0.6) is 23.0 Å². The second kappa shape index (κ2) is 7.89. The molecular formula is C18H20O5. The Morgan fingerprint density at radius 3 is 2.26 bits per heavy atom. The summed E-state index contributed by atoms with van der Waals surface area (Å²) < 4.78 is 10.1. The number of carbonyl (C=O) groups is 1. The molecule has 0 bridgehead atoms. The maximum absolute atomic E-state index is 12.3. The Morgan fingerprint density at radius 1 is 1.04 bits per heavy atom. The highest BCUT2D eigenvalue weighted by atomic mass is 16.5. The van der Waals surface area contributed by atoms with Crippen LogP contribution in [0.4, 0.5) is 0 Å². The largest absolute Gasteiger partial charge is 0.508 e. The maximum atomic E-state index is 12.3. The molecule has 0 heterocycles. The number of hydrogen-bond donors (Lipinski definition) is 2. The fraction of sp³-hybridized carbons (Fsp3) is 0.167. The first kappa shape index (κ1) is 18.1. The molecule has 0 aliphatic heterocycles. The zero-order valence-corrected chi connectivity index (χ0v) is 12.2. The molecule has 0 radical (unpaired) electrons. The molecule has 122 valence electrons. The molecule has 2 aromatic rings. The molecule has 0 saturated heterocycles. The van der Waals surface area contributed by atoms with E-state index in [4.69, 9.17) is 9.47 Å². The van der Waals surface area contributed by atoms with Crippen LogP contribution in [0.2, 0.25) is 0 Å². The van der Waals surface area contributed by atoms with Gasteiger partial charge < -0.3 is 19.7 Å². The topological polar surface area (TPSA) is 76.0 Å². The van der Waals surface area contributed by atoms with Crippen LogP contribution in [-0.2, 0) is 0 Å². The Labute approximate surface area is 135 Å². The van der Waals surface area contributed by atoms with Gasteiger partial charge in [0.25, 0.3) is 0 Å². The zero-order chi connectivity index (χ0) is 16.1. The van der Waals surface area contributed by atoms with Crippen LogP contribution in [0.15, 0.2) is 42.5 Å². The fourth-order valence-corrected chi connectivity index (χ4v) is 1.94. The van der Waals surface area contributed by atoms with Crippen LogP contribution in [0.25, 0.3) is 6.08 Å². The molecule has 0 unspecified atom stereocenters. The minimum atomic E-state index is -0.398. The van der Waals surface area contributed by atoms with E-state index in [0.717, 1.165) is 5.56 Å². The highest BCUT2D eigenvalue weighted by Gasteiger charge is 2.17. The molecule has 0 spiro atoms. The van der Waals surface area contributed by atoms with E-state index >= 15 is 0 Å². The number of carbonyl (C=O) groups excluding carboxylic acids is 1. The van der Waals surface area contributed by atoms with Crippen LogP contribution < -0.4 is 9.47 Å². The summed E-state index contributed by atoms with van der Waals surface area (Å²) in [5.74, 6) is 0.171. The lowest BCUT2D eigenvalue weighted by Crippen LogP contribution is -2.00. The molecule has 2 rings (SSSR count). The van der Waals surface area contributed by atoms with Crippen LogP contribution in [0.3, 0.4) is 0 Å². The number of benzene rings is 2. The summed E-state index contributed by atoms with van der Waals surface area (Å²) in [5.41, 5.74) is 0.816. The summed E-state index contributed by atoms with van der Waals surface area (Å²) in [6.45, 7) is 0. The molecule has 0 saturated carbocycles. The van der Waals surface area contributed by atoms with Crippen molar-refractivity contribution in [2.24, 2.45) is 0 Å². The van der Waals surface area contributed by atoms with Gasteiger partial charge in [-0.2, -0.15) is 0 Å². The minimum absolute atomic E-state index is 0. The number of phenols is 2. The first-order chi connectivity index (χ1) is 10.5. The summed E-state index contributed by atoms with van der Waals surface area (Å²) in [4.78, 5) is 12.3. The van der Waals surface area contributed by atoms with Gasteiger partial charge in [0, 0.05) is 12.1 Å². The van der Waals surface area contributed by atoms with E-state index in [1.807, 2.05) is 0 Å².